The molecule has 182 valence electrons. The zero-order valence-corrected chi connectivity index (χ0v) is 21.8. The fourth-order valence-electron chi connectivity index (χ4n) is 5.40. The van der Waals surface area contributed by atoms with Crippen molar-refractivity contribution in [2.75, 3.05) is 31.1 Å². The van der Waals surface area contributed by atoms with Gasteiger partial charge < -0.3 is 20.9 Å². The highest BCUT2D eigenvalue weighted by molar-refractivity contribution is 7.99. The Kier molecular flexibility index (Phi) is 5.92. The molecular formula is C27H31ClN6S. The topological polar surface area (TPSA) is 82.9 Å². The van der Waals surface area contributed by atoms with Gasteiger partial charge in [-0.25, -0.2) is 9.97 Å². The number of rotatable bonds is 5. The summed E-state index contributed by atoms with van der Waals surface area (Å²) in [6.07, 6.45) is 4.09. The molecule has 1 aliphatic carbocycles. The number of benzene rings is 1. The van der Waals surface area contributed by atoms with E-state index in [0.717, 1.165) is 76.6 Å². The molecule has 0 spiro atoms. The van der Waals surface area contributed by atoms with Crippen LogP contribution in [0.1, 0.15) is 30.2 Å². The largest absolute Gasteiger partial charge is 0.355 e. The third kappa shape index (κ3) is 4.18. The van der Waals surface area contributed by atoms with Crippen LogP contribution in [0.5, 0.6) is 0 Å². The minimum Gasteiger partial charge on any atom is -0.355 e. The minimum absolute atomic E-state index is 0.336. The van der Waals surface area contributed by atoms with E-state index in [2.05, 4.69) is 59.9 Å². The fraction of sp³-hybridized carbons (Fsp3) is 0.407. The van der Waals surface area contributed by atoms with Crippen molar-refractivity contribution in [3.05, 3.63) is 57.8 Å². The Balaban J connectivity index is 1.31. The van der Waals surface area contributed by atoms with E-state index in [0.29, 0.717) is 17.9 Å². The van der Waals surface area contributed by atoms with Gasteiger partial charge in [-0.1, -0.05) is 31.2 Å². The Morgan fingerprint density at radius 1 is 1.29 bits per heavy atom. The van der Waals surface area contributed by atoms with Gasteiger partial charge in [0, 0.05) is 36.3 Å². The third-order valence-electron chi connectivity index (χ3n) is 7.69. The number of nitrogens with one attached hydrogen (secondary N) is 2. The van der Waals surface area contributed by atoms with Crippen molar-refractivity contribution in [2.24, 2.45) is 17.6 Å². The van der Waals surface area contributed by atoms with Gasteiger partial charge in [-0.15, -0.1) is 0 Å². The average molecular weight is 507 g/mol. The minimum atomic E-state index is 0.336. The maximum atomic E-state index is 6.77. The standard InChI is InChI=1S/C27H31ClN6S/c1-4-21-23(28)22-25(31-21)32-27(33-26(22)34-12-19-20(13-34)24(19)29)35-18-6-5-16(15(3)9-18)10-17-11-30-8-7-14(17)2/h5-6,9-10,19-20,24,30H,2,4,7-8,11-13,29H2,1,3H3,(H,31,32,33)/b17-10-. The predicted molar refractivity (Wildman–Crippen MR) is 145 cm³/mol. The highest BCUT2D eigenvalue weighted by atomic mass is 35.5. The molecule has 2 unspecified atom stereocenters. The summed E-state index contributed by atoms with van der Waals surface area (Å²) in [5.74, 6) is 2.07. The summed E-state index contributed by atoms with van der Waals surface area (Å²) in [5, 5.41) is 5.84. The second kappa shape index (κ2) is 8.96. The van der Waals surface area contributed by atoms with E-state index in [4.69, 9.17) is 27.3 Å². The van der Waals surface area contributed by atoms with Gasteiger partial charge in [0.05, 0.1) is 10.4 Å². The van der Waals surface area contributed by atoms with Crippen LogP contribution in [0.4, 0.5) is 5.82 Å². The monoisotopic (exact) mass is 506 g/mol. The van der Waals surface area contributed by atoms with Crippen LogP contribution in [-0.2, 0) is 6.42 Å². The van der Waals surface area contributed by atoms with Crippen molar-refractivity contribution in [3.8, 4) is 0 Å². The fourth-order valence-corrected chi connectivity index (χ4v) is 6.61. The number of aromatic nitrogens is 3. The van der Waals surface area contributed by atoms with Gasteiger partial charge in [0.2, 0.25) is 0 Å². The first-order valence-corrected chi connectivity index (χ1v) is 13.6. The Labute approximate surface area is 215 Å². The smallest absolute Gasteiger partial charge is 0.196 e. The second-order valence-corrected chi connectivity index (χ2v) is 11.4. The molecule has 1 saturated carbocycles. The van der Waals surface area contributed by atoms with E-state index in [1.807, 2.05) is 0 Å². The summed E-state index contributed by atoms with van der Waals surface area (Å²) in [7, 11) is 0. The summed E-state index contributed by atoms with van der Waals surface area (Å²) >= 11 is 8.37. The Hall–Kier alpha value is -2.32. The molecule has 4 heterocycles. The second-order valence-electron chi connectivity index (χ2n) is 9.95. The summed E-state index contributed by atoms with van der Waals surface area (Å²) < 4.78 is 0. The molecule has 35 heavy (non-hydrogen) atoms. The zero-order chi connectivity index (χ0) is 24.3. The molecule has 6 nitrogen and oxygen atoms in total. The van der Waals surface area contributed by atoms with E-state index < -0.39 is 0 Å². The normalized spacial score (nSPS) is 25.0. The number of fused-ring (bicyclic) bond motifs is 2. The maximum Gasteiger partial charge on any atom is 0.196 e. The number of aromatic amines is 1. The number of nitrogens with zero attached hydrogens (tertiary/aromatic N) is 3. The molecule has 3 fully saturated rings. The van der Waals surface area contributed by atoms with Gasteiger partial charge in [0.1, 0.15) is 11.5 Å². The number of piperidine rings is 2. The number of hydrogen-bond donors (Lipinski definition) is 3. The lowest BCUT2D eigenvalue weighted by atomic mass is 9.97. The lowest BCUT2D eigenvalue weighted by molar-refractivity contribution is 0.687. The first-order valence-electron chi connectivity index (χ1n) is 12.4. The van der Waals surface area contributed by atoms with E-state index in [9.17, 15) is 0 Å². The first kappa shape index (κ1) is 23.1. The Morgan fingerprint density at radius 3 is 2.80 bits per heavy atom. The van der Waals surface area contributed by atoms with Crippen LogP contribution in [0, 0.1) is 18.8 Å². The van der Waals surface area contributed by atoms with Crippen molar-refractivity contribution in [1.29, 1.82) is 0 Å². The van der Waals surface area contributed by atoms with Gasteiger partial charge in [0.25, 0.3) is 0 Å². The van der Waals surface area contributed by atoms with Crippen LogP contribution in [0.25, 0.3) is 17.1 Å². The SMILES string of the molecule is C=C1CCNC/C1=C/c1ccc(Sc2nc(N3CC4C(N)C4C3)c3c(Cl)c(CC)[nH]c3n2)cc1C. The highest BCUT2D eigenvalue weighted by Gasteiger charge is 2.54. The van der Waals surface area contributed by atoms with E-state index >= 15 is 0 Å². The highest BCUT2D eigenvalue weighted by Crippen LogP contribution is 2.47. The zero-order valence-electron chi connectivity index (χ0n) is 20.2. The third-order valence-corrected chi connectivity index (χ3v) is 8.96. The molecule has 2 atom stereocenters. The van der Waals surface area contributed by atoms with Gasteiger partial charge >= 0.3 is 0 Å². The molecule has 6 rings (SSSR count). The van der Waals surface area contributed by atoms with Gasteiger partial charge in [-0.05, 0) is 90.4 Å². The predicted octanol–water partition coefficient (Wildman–Crippen LogP) is 4.96. The van der Waals surface area contributed by atoms with E-state index in [1.165, 1.54) is 22.3 Å². The molecule has 0 amide bonds. The maximum absolute atomic E-state index is 6.77. The quantitative estimate of drug-likeness (QED) is 0.424. The summed E-state index contributed by atoms with van der Waals surface area (Å²) in [6.45, 7) is 12.3. The van der Waals surface area contributed by atoms with Gasteiger partial charge in [0.15, 0.2) is 5.16 Å². The van der Waals surface area contributed by atoms with Crippen LogP contribution in [0.2, 0.25) is 5.02 Å². The molecule has 1 aromatic carbocycles. The number of aryl methyl sites for hydroxylation is 2. The van der Waals surface area contributed by atoms with E-state index in [-0.39, 0.29) is 0 Å². The van der Waals surface area contributed by atoms with Crippen LogP contribution in [0.15, 0.2) is 46.0 Å². The molecule has 8 heteroatoms. The molecule has 2 aliphatic heterocycles. The number of hydrogen-bond acceptors (Lipinski definition) is 6. The molecule has 2 saturated heterocycles. The Morgan fingerprint density at radius 2 is 2.09 bits per heavy atom. The van der Waals surface area contributed by atoms with Crippen LogP contribution >= 0.6 is 23.4 Å². The van der Waals surface area contributed by atoms with Crippen molar-refractivity contribution >= 4 is 46.3 Å². The molecular weight excluding hydrogens is 476 g/mol. The van der Waals surface area contributed by atoms with Crippen molar-refractivity contribution < 1.29 is 0 Å². The number of halogens is 1. The first-order chi connectivity index (χ1) is 16.9. The summed E-state index contributed by atoms with van der Waals surface area (Å²) in [4.78, 5) is 16.8. The van der Waals surface area contributed by atoms with Crippen LogP contribution in [0.3, 0.4) is 0 Å². The molecule has 2 aromatic heterocycles. The van der Waals surface area contributed by atoms with Crippen LogP contribution < -0.4 is 16.0 Å². The van der Waals surface area contributed by atoms with Crippen LogP contribution in [-0.4, -0.2) is 47.2 Å². The summed E-state index contributed by atoms with van der Waals surface area (Å²) in [6, 6.07) is 6.89. The molecule has 3 aliphatic rings. The Bertz CT molecular complexity index is 1350. The van der Waals surface area contributed by atoms with Gasteiger partial charge in [-0.2, -0.15) is 0 Å². The van der Waals surface area contributed by atoms with Gasteiger partial charge in [-0.3, -0.25) is 0 Å². The number of anilines is 1. The number of H-pyrrole nitrogens is 1. The van der Waals surface area contributed by atoms with Crippen molar-refractivity contribution in [2.45, 2.75) is 42.8 Å². The van der Waals surface area contributed by atoms with Crippen molar-refractivity contribution in [3.63, 3.8) is 0 Å². The summed E-state index contributed by atoms with van der Waals surface area (Å²) in [5.41, 5.74) is 13.0. The van der Waals surface area contributed by atoms with Crippen molar-refractivity contribution in [1.82, 2.24) is 20.3 Å². The lowest BCUT2D eigenvalue weighted by Gasteiger charge is -2.21. The number of nitrogens with two attached hydrogens (primary N) is 1. The van der Waals surface area contributed by atoms with E-state index in [1.54, 1.807) is 11.8 Å². The molecule has 4 N–H and O–H groups in total. The lowest BCUT2D eigenvalue weighted by Crippen LogP contribution is -2.29. The molecule has 0 bridgehead atoms. The molecule has 0 radical (unpaired) electrons. The average Bonchev–Trinajstić information content (AvgIpc) is 3.16. The molecule has 3 aromatic rings.